The van der Waals surface area contributed by atoms with Gasteiger partial charge in [0.1, 0.15) is 23.0 Å². The van der Waals surface area contributed by atoms with Crippen LogP contribution in [0.15, 0.2) is 46.9 Å². The molecule has 0 aliphatic carbocycles. The van der Waals surface area contributed by atoms with Gasteiger partial charge in [0.15, 0.2) is 0 Å². The number of benzene rings is 2. The van der Waals surface area contributed by atoms with Crippen LogP contribution in [-0.2, 0) is 15.8 Å². The summed E-state index contributed by atoms with van der Waals surface area (Å²) >= 11 is 0. The van der Waals surface area contributed by atoms with E-state index in [1.165, 1.54) is 0 Å². The van der Waals surface area contributed by atoms with Gasteiger partial charge in [0.05, 0.1) is 0 Å². The number of nitrogens with one attached hydrogen (secondary N) is 1. The van der Waals surface area contributed by atoms with Crippen LogP contribution in [0.2, 0.25) is 0 Å². The SMILES string of the molecule is NCCCCC(N[C@@H](Cc1ccc2c(c1)oc1ccccc12)C(=O)O)P(=O)(O)O. The van der Waals surface area contributed by atoms with Gasteiger partial charge in [-0.3, -0.25) is 14.7 Å². The molecule has 0 fully saturated rings. The minimum atomic E-state index is -4.51. The molecule has 0 saturated heterocycles. The second-order valence-corrected chi connectivity index (χ2v) is 8.88. The van der Waals surface area contributed by atoms with Crippen LogP contribution in [0.4, 0.5) is 0 Å². The smallest absolute Gasteiger partial charge is 0.342 e. The summed E-state index contributed by atoms with van der Waals surface area (Å²) in [5.74, 6) is -2.41. The van der Waals surface area contributed by atoms with Crippen molar-refractivity contribution in [3.05, 3.63) is 48.0 Å². The summed E-state index contributed by atoms with van der Waals surface area (Å²) in [6, 6.07) is 11.9. The van der Waals surface area contributed by atoms with Crippen molar-refractivity contribution < 1.29 is 28.7 Å². The number of carboxylic acid groups (broad SMARTS) is 1. The molecular formula is C20H25N2O6P. The summed E-state index contributed by atoms with van der Waals surface area (Å²) in [5.41, 5.74) is 7.51. The highest BCUT2D eigenvalue weighted by Crippen LogP contribution is 2.42. The Kier molecular flexibility index (Phi) is 6.72. The third-order valence-electron chi connectivity index (χ3n) is 4.91. The molecule has 29 heavy (non-hydrogen) atoms. The number of aliphatic carboxylic acids is 1. The zero-order chi connectivity index (χ0) is 21.0. The topological polar surface area (TPSA) is 146 Å². The van der Waals surface area contributed by atoms with E-state index in [1.54, 1.807) is 6.07 Å². The summed E-state index contributed by atoms with van der Waals surface area (Å²) in [7, 11) is -4.51. The molecule has 6 N–H and O–H groups in total. The molecular weight excluding hydrogens is 395 g/mol. The average Bonchev–Trinajstić information content (AvgIpc) is 3.03. The monoisotopic (exact) mass is 420 g/mol. The molecule has 156 valence electrons. The number of fused-ring (bicyclic) bond motifs is 3. The van der Waals surface area contributed by atoms with Crippen molar-refractivity contribution in [1.82, 2.24) is 5.32 Å². The molecule has 9 heteroatoms. The van der Waals surface area contributed by atoms with Gasteiger partial charge in [-0.1, -0.05) is 30.3 Å². The molecule has 1 aromatic heterocycles. The lowest BCUT2D eigenvalue weighted by molar-refractivity contribution is -0.139. The van der Waals surface area contributed by atoms with E-state index in [1.807, 2.05) is 36.4 Å². The summed E-state index contributed by atoms with van der Waals surface area (Å²) in [6.45, 7) is 0.410. The number of para-hydroxylation sites is 1. The molecule has 8 nitrogen and oxygen atoms in total. The van der Waals surface area contributed by atoms with Crippen LogP contribution in [-0.4, -0.2) is 39.2 Å². The Morgan fingerprint density at radius 1 is 1.10 bits per heavy atom. The van der Waals surface area contributed by atoms with E-state index in [2.05, 4.69) is 5.32 Å². The lowest BCUT2D eigenvalue weighted by atomic mass is 10.0. The molecule has 0 radical (unpaired) electrons. The van der Waals surface area contributed by atoms with Crippen LogP contribution in [0.25, 0.3) is 21.9 Å². The van der Waals surface area contributed by atoms with Crippen molar-refractivity contribution in [1.29, 1.82) is 0 Å². The zero-order valence-corrected chi connectivity index (χ0v) is 16.7. The van der Waals surface area contributed by atoms with Gasteiger partial charge < -0.3 is 25.0 Å². The van der Waals surface area contributed by atoms with Gasteiger partial charge in [-0.25, -0.2) is 0 Å². The van der Waals surface area contributed by atoms with E-state index in [9.17, 15) is 24.3 Å². The van der Waals surface area contributed by atoms with Gasteiger partial charge in [0.25, 0.3) is 0 Å². The standard InChI is InChI=1S/C20H25N2O6P/c21-10-4-3-7-19(29(25,26)27)22-16(20(23)24)11-13-8-9-15-14-5-1-2-6-17(14)28-18(15)12-13/h1-2,5-6,8-9,12,16,19,22H,3-4,7,10-11,21H2,(H,23,24)(H2,25,26,27)/t16-,19?/m0/s1. The van der Waals surface area contributed by atoms with E-state index in [0.29, 0.717) is 30.5 Å². The fourth-order valence-corrected chi connectivity index (χ4v) is 4.31. The number of furan rings is 1. The molecule has 0 amide bonds. The highest BCUT2D eigenvalue weighted by molar-refractivity contribution is 7.52. The van der Waals surface area contributed by atoms with Crippen LogP contribution in [0.3, 0.4) is 0 Å². The Morgan fingerprint density at radius 3 is 2.52 bits per heavy atom. The number of unbranched alkanes of at least 4 members (excludes halogenated alkanes) is 1. The second kappa shape index (κ2) is 9.07. The Hall–Kier alpha value is -2.22. The summed E-state index contributed by atoms with van der Waals surface area (Å²) < 4.78 is 17.6. The van der Waals surface area contributed by atoms with Crippen molar-refractivity contribution in [3.8, 4) is 0 Å². The van der Waals surface area contributed by atoms with Crippen LogP contribution >= 0.6 is 7.60 Å². The third-order valence-corrected chi connectivity index (χ3v) is 6.13. The van der Waals surface area contributed by atoms with Crippen molar-refractivity contribution in [2.24, 2.45) is 5.73 Å². The van der Waals surface area contributed by atoms with Crippen LogP contribution in [0.5, 0.6) is 0 Å². The third kappa shape index (κ3) is 5.23. The van der Waals surface area contributed by atoms with E-state index < -0.39 is 25.4 Å². The fraction of sp³-hybridized carbons (Fsp3) is 0.350. The Morgan fingerprint density at radius 2 is 1.83 bits per heavy atom. The van der Waals surface area contributed by atoms with E-state index in [-0.39, 0.29) is 12.8 Å². The van der Waals surface area contributed by atoms with Gasteiger partial charge in [-0.15, -0.1) is 0 Å². The molecule has 0 saturated carbocycles. The molecule has 0 spiro atoms. The Bertz CT molecular complexity index is 1040. The van der Waals surface area contributed by atoms with Crippen molar-refractivity contribution in [2.75, 3.05) is 6.54 Å². The average molecular weight is 420 g/mol. The molecule has 3 aromatic rings. The number of carboxylic acids is 1. The first-order valence-electron chi connectivity index (χ1n) is 9.44. The normalized spacial score (nSPS) is 14.3. The molecule has 2 atom stereocenters. The van der Waals surface area contributed by atoms with Gasteiger partial charge in [-0.05, 0) is 49.9 Å². The lowest BCUT2D eigenvalue weighted by Gasteiger charge is -2.24. The number of nitrogens with two attached hydrogens (primary N) is 1. The van der Waals surface area contributed by atoms with Gasteiger partial charge in [0.2, 0.25) is 0 Å². The van der Waals surface area contributed by atoms with Crippen LogP contribution < -0.4 is 11.1 Å². The van der Waals surface area contributed by atoms with Crippen LogP contribution in [0, 0.1) is 0 Å². The minimum Gasteiger partial charge on any atom is -0.480 e. The van der Waals surface area contributed by atoms with Crippen LogP contribution in [0.1, 0.15) is 24.8 Å². The van der Waals surface area contributed by atoms with Gasteiger partial charge in [0, 0.05) is 10.8 Å². The minimum absolute atomic E-state index is 0.0652. The number of hydrogen-bond acceptors (Lipinski definition) is 5. The highest BCUT2D eigenvalue weighted by Gasteiger charge is 2.32. The maximum atomic E-state index is 11.8. The van der Waals surface area contributed by atoms with E-state index in [0.717, 1.165) is 16.4 Å². The predicted molar refractivity (Wildman–Crippen MR) is 111 cm³/mol. The highest BCUT2D eigenvalue weighted by atomic mass is 31.2. The van der Waals surface area contributed by atoms with Crippen molar-refractivity contribution in [2.45, 2.75) is 37.5 Å². The first-order valence-corrected chi connectivity index (χ1v) is 11.1. The number of hydrogen-bond donors (Lipinski definition) is 5. The van der Waals surface area contributed by atoms with E-state index >= 15 is 0 Å². The second-order valence-electron chi connectivity index (χ2n) is 7.08. The largest absolute Gasteiger partial charge is 0.480 e. The molecule has 2 aromatic carbocycles. The molecule has 0 aliphatic heterocycles. The summed E-state index contributed by atoms with van der Waals surface area (Å²) in [5, 5.41) is 14.1. The summed E-state index contributed by atoms with van der Waals surface area (Å²) in [4.78, 5) is 31.0. The van der Waals surface area contributed by atoms with Crippen molar-refractivity contribution in [3.63, 3.8) is 0 Å². The molecule has 1 heterocycles. The molecule has 0 bridgehead atoms. The van der Waals surface area contributed by atoms with Gasteiger partial charge >= 0.3 is 13.6 Å². The Labute approximate surface area is 167 Å². The molecule has 1 unspecified atom stereocenters. The molecule has 0 aliphatic rings. The lowest BCUT2D eigenvalue weighted by Crippen LogP contribution is -2.44. The first-order chi connectivity index (χ1) is 13.8. The Balaban J connectivity index is 1.81. The van der Waals surface area contributed by atoms with Gasteiger partial charge in [-0.2, -0.15) is 0 Å². The number of carbonyl (C=O) groups is 1. The number of rotatable bonds is 10. The quantitative estimate of drug-likeness (QED) is 0.249. The maximum Gasteiger partial charge on any atom is 0.342 e. The molecule has 3 rings (SSSR count). The van der Waals surface area contributed by atoms with Crippen molar-refractivity contribution >= 4 is 35.5 Å². The predicted octanol–water partition coefficient (Wildman–Crippen LogP) is 2.80. The first kappa shape index (κ1) is 21.5. The zero-order valence-electron chi connectivity index (χ0n) is 15.8. The summed E-state index contributed by atoms with van der Waals surface area (Å²) in [6.07, 6.45) is 1.32. The fourth-order valence-electron chi connectivity index (χ4n) is 3.41. The van der Waals surface area contributed by atoms with E-state index in [4.69, 9.17) is 10.2 Å². The maximum absolute atomic E-state index is 11.8.